The van der Waals surface area contributed by atoms with Crippen molar-refractivity contribution in [1.29, 1.82) is 0 Å². The fourth-order valence-electron chi connectivity index (χ4n) is 2.17. The Balaban J connectivity index is 3.22. The monoisotopic (exact) mass is 402 g/mol. The summed E-state index contributed by atoms with van der Waals surface area (Å²) in [7, 11) is 0. The van der Waals surface area contributed by atoms with Gasteiger partial charge in [0.05, 0.1) is 0 Å². The molecular formula is C9H14N4O14. The zero-order chi connectivity index (χ0) is 20.6. The van der Waals surface area contributed by atoms with Crippen LogP contribution in [0, 0.1) is 40.5 Å². The molecule has 0 aromatic carbocycles. The van der Waals surface area contributed by atoms with Crippen molar-refractivity contribution in [2.45, 2.75) is 44.1 Å². The van der Waals surface area contributed by atoms with Crippen molar-refractivity contribution in [1.82, 2.24) is 0 Å². The molecule has 0 amide bonds. The Labute approximate surface area is 148 Å². The summed E-state index contributed by atoms with van der Waals surface area (Å²) in [6, 6.07) is 0. The normalized spacial score (nSPS) is 27.2. The van der Waals surface area contributed by atoms with E-state index in [1.54, 1.807) is 6.92 Å². The number of hydrogen-bond acceptors (Lipinski definition) is 14. The molecule has 27 heavy (non-hydrogen) atoms. The van der Waals surface area contributed by atoms with Crippen LogP contribution in [-0.4, -0.2) is 64.3 Å². The standard InChI is InChI=1S/C9H14N4O14/c1-2-3-22-9-8(27-13(20)21)7(26-12(18)19)6(25-11(16)17)5(24-9)4-23-10(14)15/h5-9H,2-4H2,1H3. The second-order valence-electron chi connectivity index (χ2n) is 4.81. The molecule has 0 aromatic rings. The summed E-state index contributed by atoms with van der Waals surface area (Å²) in [5.74, 6) is 0. The lowest BCUT2D eigenvalue weighted by Crippen LogP contribution is -2.63. The summed E-state index contributed by atoms with van der Waals surface area (Å²) in [5, 5.41) is 37.1. The highest BCUT2D eigenvalue weighted by atomic mass is 17.0. The van der Waals surface area contributed by atoms with E-state index in [0.29, 0.717) is 6.42 Å². The molecule has 0 aromatic heterocycles. The largest absolute Gasteiger partial charge is 0.350 e. The average Bonchev–Trinajstić information content (AvgIpc) is 2.54. The number of ether oxygens (including phenoxy) is 2. The third kappa shape index (κ3) is 6.86. The van der Waals surface area contributed by atoms with Crippen LogP contribution in [0.25, 0.3) is 0 Å². The maximum atomic E-state index is 10.7. The van der Waals surface area contributed by atoms with Crippen molar-refractivity contribution < 1.29 is 49.2 Å². The zero-order valence-corrected chi connectivity index (χ0v) is 13.5. The van der Waals surface area contributed by atoms with Crippen molar-refractivity contribution in [3.63, 3.8) is 0 Å². The Morgan fingerprint density at radius 2 is 1.33 bits per heavy atom. The Kier molecular flexibility index (Phi) is 8.07. The molecule has 18 nitrogen and oxygen atoms in total. The van der Waals surface area contributed by atoms with Gasteiger partial charge in [0, 0.05) is 6.61 Å². The highest BCUT2D eigenvalue weighted by molar-refractivity contribution is 4.91. The third-order valence-corrected chi connectivity index (χ3v) is 3.04. The predicted octanol–water partition coefficient (Wildman–Crippen LogP) is -0.923. The van der Waals surface area contributed by atoms with Crippen molar-refractivity contribution in [2.75, 3.05) is 13.2 Å². The Morgan fingerprint density at radius 1 is 0.815 bits per heavy atom. The molecule has 5 unspecified atom stereocenters. The SMILES string of the molecule is CCCOC1OC(CO[N+](=O)[O-])C(O[N+](=O)[O-])C(O[N+](=O)[O-])C1O[N+](=O)[O-]. The lowest BCUT2D eigenvalue weighted by Gasteiger charge is -2.42. The average molecular weight is 402 g/mol. The maximum Gasteiger partial charge on any atom is 0.295 e. The van der Waals surface area contributed by atoms with Crippen LogP contribution in [-0.2, 0) is 28.8 Å². The van der Waals surface area contributed by atoms with E-state index in [1.165, 1.54) is 0 Å². The van der Waals surface area contributed by atoms with Crippen LogP contribution >= 0.6 is 0 Å². The van der Waals surface area contributed by atoms with Gasteiger partial charge in [0.25, 0.3) is 20.3 Å². The van der Waals surface area contributed by atoms with Crippen LogP contribution in [0.1, 0.15) is 13.3 Å². The van der Waals surface area contributed by atoms with Crippen molar-refractivity contribution in [3.8, 4) is 0 Å². The Hall–Kier alpha value is -3.28. The molecule has 1 aliphatic heterocycles. The molecule has 0 spiro atoms. The van der Waals surface area contributed by atoms with E-state index in [0.717, 1.165) is 0 Å². The van der Waals surface area contributed by atoms with E-state index in [4.69, 9.17) is 9.47 Å². The predicted molar refractivity (Wildman–Crippen MR) is 73.5 cm³/mol. The topological polar surface area (TPSA) is 228 Å². The van der Waals surface area contributed by atoms with E-state index in [-0.39, 0.29) is 6.61 Å². The van der Waals surface area contributed by atoms with Crippen LogP contribution < -0.4 is 0 Å². The lowest BCUT2D eigenvalue weighted by atomic mass is 9.99. The number of nitrogens with zero attached hydrogens (tertiary/aromatic N) is 4. The smallest absolute Gasteiger partial charge is 0.295 e. The van der Waals surface area contributed by atoms with E-state index in [2.05, 4.69) is 19.4 Å². The first-order valence-electron chi connectivity index (χ1n) is 7.13. The zero-order valence-electron chi connectivity index (χ0n) is 13.5. The lowest BCUT2D eigenvalue weighted by molar-refractivity contribution is -0.825. The van der Waals surface area contributed by atoms with Crippen molar-refractivity contribution >= 4 is 0 Å². The fourth-order valence-corrected chi connectivity index (χ4v) is 2.17. The first kappa shape index (κ1) is 21.8. The second-order valence-corrected chi connectivity index (χ2v) is 4.81. The molecule has 1 rings (SSSR count). The highest BCUT2D eigenvalue weighted by Gasteiger charge is 2.53. The van der Waals surface area contributed by atoms with Gasteiger partial charge in [-0.25, -0.2) is 0 Å². The van der Waals surface area contributed by atoms with Crippen LogP contribution in [0.15, 0.2) is 0 Å². The van der Waals surface area contributed by atoms with Gasteiger partial charge >= 0.3 is 0 Å². The Bertz CT molecular complexity index is 559. The van der Waals surface area contributed by atoms with Crippen LogP contribution in [0.4, 0.5) is 0 Å². The van der Waals surface area contributed by atoms with Crippen molar-refractivity contribution in [3.05, 3.63) is 40.5 Å². The van der Waals surface area contributed by atoms with Gasteiger partial charge in [0.2, 0.25) is 0 Å². The third-order valence-electron chi connectivity index (χ3n) is 3.04. The van der Waals surface area contributed by atoms with Gasteiger partial charge in [-0.15, -0.1) is 40.5 Å². The first-order chi connectivity index (χ1) is 12.6. The molecule has 0 radical (unpaired) electrons. The second kappa shape index (κ2) is 10.0. The minimum atomic E-state index is -2.10. The van der Waals surface area contributed by atoms with Gasteiger partial charge in [-0.3, -0.25) is 0 Å². The molecule has 0 N–H and O–H groups in total. The molecule has 154 valence electrons. The summed E-state index contributed by atoms with van der Waals surface area (Å²) in [4.78, 5) is 59.3. The quantitative estimate of drug-likeness (QED) is 0.284. The van der Waals surface area contributed by atoms with Gasteiger partial charge < -0.3 is 28.8 Å². The van der Waals surface area contributed by atoms with Crippen LogP contribution in [0.2, 0.25) is 0 Å². The molecule has 5 atom stereocenters. The summed E-state index contributed by atoms with van der Waals surface area (Å²) in [5.41, 5.74) is 0. The molecule has 1 fully saturated rings. The summed E-state index contributed by atoms with van der Waals surface area (Å²) in [6.45, 7) is 0.625. The summed E-state index contributed by atoms with van der Waals surface area (Å²) >= 11 is 0. The summed E-state index contributed by atoms with van der Waals surface area (Å²) < 4.78 is 10.3. The molecule has 0 saturated carbocycles. The molecule has 18 heteroatoms. The van der Waals surface area contributed by atoms with E-state index >= 15 is 0 Å². The van der Waals surface area contributed by atoms with Crippen molar-refractivity contribution in [2.24, 2.45) is 0 Å². The minimum Gasteiger partial charge on any atom is -0.350 e. The molecule has 1 aliphatic rings. The van der Waals surface area contributed by atoms with E-state index in [1.807, 2.05) is 0 Å². The summed E-state index contributed by atoms with van der Waals surface area (Å²) in [6.07, 6.45) is -9.14. The van der Waals surface area contributed by atoms with Crippen LogP contribution in [0.3, 0.4) is 0 Å². The molecule has 1 saturated heterocycles. The molecular weight excluding hydrogens is 388 g/mol. The van der Waals surface area contributed by atoms with Crippen LogP contribution in [0.5, 0.6) is 0 Å². The van der Waals surface area contributed by atoms with Gasteiger partial charge in [0.15, 0.2) is 24.6 Å². The molecule has 1 heterocycles. The van der Waals surface area contributed by atoms with Gasteiger partial charge in [-0.05, 0) is 6.42 Å². The maximum absolute atomic E-state index is 10.7. The number of hydrogen-bond donors (Lipinski definition) is 0. The van der Waals surface area contributed by atoms with Gasteiger partial charge in [-0.2, -0.15) is 0 Å². The minimum absolute atomic E-state index is 0.0585. The Morgan fingerprint density at radius 3 is 1.81 bits per heavy atom. The van der Waals surface area contributed by atoms with Gasteiger partial charge in [-0.1, -0.05) is 6.92 Å². The van der Waals surface area contributed by atoms with E-state index in [9.17, 15) is 40.5 Å². The molecule has 0 aliphatic carbocycles. The highest BCUT2D eigenvalue weighted by Crippen LogP contribution is 2.29. The first-order valence-corrected chi connectivity index (χ1v) is 7.13. The number of rotatable bonds is 12. The van der Waals surface area contributed by atoms with E-state index < -0.39 is 57.7 Å². The molecule has 0 bridgehead atoms. The fraction of sp³-hybridized carbons (Fsp3) is 1.00. The van der Waals surface area contributed by atoms with Gasteiger partial charge in [0.1, 0.15) is 12.7 Å².